The van der Waals surface area contributed by atoms with Crippen LogP contribution in [-0.2, 0) is 11.3 Å². The van der Waals surface area contributed by atoms with E-state index in [9.17, 15) is 4.79 Å². The molecule has 1 amide bonds. The monoisotopic (exact) mass is 549 g/mol. The number of amides is 1. The SMILES string of the molecule is Cc1ccc(-c2csc(NC(=O)CSc3nnc(C(C)Oc4ccc(C(C)C)cc4)n3CC(C)C)n2)cc1. The molecule has 200 valence electrons. The number of nitrogens with one attached hydrogen (secondary N) is 1. The molecule has 38 heavy (non-hydrogen) atoms. The molecule has 9 heteroatoms. The van der Waals surface area contributed by atoms with Crippen LogP contribution in [0.4, 0.5) is 5.13 Å². The third-order valence-electron chi connectivity index (χ3n) is 5.95. The van der Waals surface area contributed by atoms with Crippen molar-refractivity contribution in [2.75, 3.05) is 11.1 Å². The Bertz CT molecular complexity index is 1340. The molecule has 0 saturated carbocycles. The fourth-order valence-electron chi connectivity index (χ4n) is 3.91. The zero-order valence-corrected chi connectivity index (χ0v) is 24.4. The summed E-state index contributed by atoms with van der Waals surface area (Å²) in [5.41, 5.74) is 4.36. The lowest BCUT2D eigenvalue weighted by Gasteiger charge is -2.18. The molecule has 2 aromatic carbocycles. The van der Waals surface area contributed by atoms with E-state index < -0.39 is 0 Å². The lowest BCUT2D eigenvalue weighted by Crippen LogP contribution is -2.17. The highest BCUT2D eigenvalue weighted by molar-refractivity contribution is 7.99. The number of anilines is 1. The highest BCUT2D eigenvalue weighted by atomic mass is 32.2. The van der Waals surface area contributed by atoms with Gasteiger partial charge in [-0.15, -0.1) is 21.5 Å². The number of hydrogen-bond acceptors (Lipinski definition) is 7. The largest absolute Gasteiger partial charge is 0.483 e. The maximum Gasteiger partial charge on any atom is 0.236 e. The summed E-state index contributed by atoms with van der Waals surface area (Å²) in [7, 11) is 0. The summed E-state index contributed by atoms with van der Waals surface area (Å²) in [6, 6.07) is 16.4. The fourth-order valence-corrected chi connectivity index (χ4v) is 5.40. The normalized spacial score (nSPS) is 12.2. The molecule has 7 nitrogen and oxygen atoms in total. The van der Waals surface area contributed by atoms with Crippen molar-refractivity contribution < 1.29 is 9.53 Å². The number of thiazole rings is 1. The predicted octanol–water partition coefficient (Wildman–Crippen LogP) is 7.36. The van der Waals surface area contributed by atoms with Crippen LogP contribution < -0.4 is 10.1 Å². The van der Waals surface area contributed by atoms with Crippen LogP contribution in [0.5, 0.6) is 5.75 Å². The number of aryl methyl sites for hydroxylation is 1. The van der Waals surface area contributed by atoms with Crippen molar-refractivity contribution in [3.8, 4) is 17.0 Å². The van der Waals surface area contributed by atoms with Crippen LogP contribution in [0.1, 0.15) is 63.6 Å². The molecule has 4 rings (SSSR count). The van der Waals surface area contributed by atoms with Crippen molar-refractivity contribution in [2.45, 2.75) is 65.3 Å². The number of hydrogen-bond donors (Lipinski definition) is 1. The number of aromatic nitrogens is 4. The maximum atomic E-state index is 12.7. The van der Waals surface area contributed by atoms with Gasteiger partial charge in [-0.05, 0) is 43.4 Å². The Kier molecular flexibility index (Phi) is 9.22. The van der Waals surface area contributed by atoms with Gasteiger partial charge in [0.25, 0.3) is 0 Å². The minimum Gasteiger partial charge on any atom is -0.483 e. The molecule has 1 atom stereocenters. The average Bonchev–Trinajstić information content (AvgIpc) is 3.50. The van der Waals surface area contributed by atoms with E-state index in [0.717, 1.165) is 29.4 Å². The van der Waals surface area contributed by atoms with Gasteiger partial charge in [-0.2, -0.15) is 0 Å². The van der Waals surface area contributed by atoms with E-state index in [-0.39, 0.29) is 17.8 Å². The van der Waals surface area contributed by atoms with Crippen LogP contribution in [0.2, 0.25) is 0 Å². The van der Waals surface area contributed by atoms with Crippen molar-refractivity contribution in [3.63, 3.8) is 0 Å². The summed E-state index contributed by atoms with van der Waals surface area (Å²) in [5, 5.41) is 15.0. The Morgan fingerprint density at radius 1 is 1.03 bits per heavy atom. The van der Waals surface area contributed by atoms with Gasteiger partial charge in [0.2, 0.25) is 5.91 Å². The number of carbonyl (C=O) groups excluding carboxylic acids is 1. The third kappa shape index (κ3) is 7.23. The first-order valence-corrected chi connectivity index (χ1v) is 14.7. The second-order valence-electron chi connectivity index (χ2n) is 10.1. The zero-order valence-electron chi connectivity index (χ0n) is 22.8. The van der Waals surface area contributed by atoms with E-state index in [1.165, 1.54) is 34.2 Å². The molecule has 0 aliphatic heterocycles. The van der Waals surface area contributed by atoms with Gasteiger partial charge in [-0.3, -0.25) is 4.79 Å². The molecule has 0 radical (unpaired) electrons. The summed E-state index contributed by atoms with van der Waals surface area (Å²) in [6.45, 7) is 13.4. The fraction of sp³-hybridized carbons (Fsp3) is 0.379. The molecule has 0 aliphatic rings. The summed E-state index contributed by atoms with van der Waals surface area (Å²) in [6.07, 6.45) is -0.287. The Morgan fingerprint density at radius 2 is 1.74 bits per heavy atom. The van der Waals surface area contributed by atoms with E-state index in [4.69, 9.17) is 4.74 Å². The van der Waals surface area contributed by atoms with Crippen LogP contribution in [-0.4, -0.2) is 31.4 Å². The van der Waals surface area contributed by atoms with Crippen molar-refractivity contribution in [2.24, 2.45) is 5.92 Å². The summed E-state index contributed by atoms with van der Waals surface area (Å²) < 4.78 is 8.27. The number of rotatable bonds is 11. The van der Waals surface area contributed by atoms with Gasteiger partial charge in [-0.1, -0.05) is 81.4 Å². The molecule has 0 saturated heterocycles. The van der Waals surface area contributed by atoms with Gasteiger partial charge in [0.1, 0.15) is 5.75 Å². The van der Waals surface area contributed by atoms with E-state index in [2.05, 4.69) is 83.9 Å². The molecule has 0 spiro atoms. The van der Waals surface area contributed by atoms with Crippen molar-refractivity contribution in [3.05, 3.63) is 70.9 Å². The van der Waals surface area contributed by atoms with Crippen molar-refractivity contribution in [1.82, 2.24) is 19.7 Å². The highest BCUT2D eigenvalue weighted by Crippen LogP contribution is 2.28. The van der Waals surface area contributed by atoms with Gasteiger partial charge < -0.3 is 14.6 Å². The van der Waals surface area contributed by atoms with E-state index >= 15 is 0 Å². The molecule has 1 unspecified atom stereocenters. The lowest BCUT2D eigenvalue weighted by atomic mass is 10.0. The smallest absolute Gasteiger partial charge is 0.236 e. The molecule has 4 aromatic rings. The quantitative estimate of drug-likeness (QED) is 0.197. The Morgan fingerprint density at radius 3 is 2.39 bits per heavy atom. The van der Waals surface area contributed by atoms with Crippen LogP contribution in [0.3, 0.4) is 0 Å². The van der Waals surface area contributed by atoms with Crippen molar-refractivity contribution >= 4 is 34.1 Å². The summed E-state index contributed by atoms with van der Waals surface area (Å²) in [5.74, 6) is 2.47. The topological polar surface area (TPSA) is 81.9 Å². The molecule has 0 bridgehead atoms. The van der Waals surface area contributed by atoms with Crippen LogP contribution in [0.15, 0.2) is 59.1 Å². The Labute approximate surface area is 233 Å². The van der Waals surface area contributed by atoms with Crippen LogP contribution in [0.25, 0.3) is 11.3 Å². The molecule has 1 N–H and O–H groups in total. The van der Waals surface area contributed by atoms with Crippen molar-refractivity contribution in [1.29, 1.82) is 0 Å². The molecular weight excluding hydrogens is 514 g/mol. The zero-order chi connectivity index (χ0) is 27.2. The second kappa shape index (κ2) is 12.6. The first-order valence-electron chi connectivity index (χ1n) is 12.8. The molecule has 0 aliphatic carbocycles. The Balaban J connectivity index is 1.39. The van der Waals surface area contributed by atoms with Gasteiger partial charge in [0.15, 0.2) is 22.2 Å². The van der Waals surface area contributed by atoms with E-state index in [1.807, 2.05) is 36.6 Å². The molecule has 2 heterocycles. The lowest BCUT2D eigenvalue weighted by molar-refractivity contribution is -0.113. The van der Waals surface area contributed by atoms with Gasteiger partial charge in [-0.25, -0.2) is 4.98 Å². The van der Waals surface area contributed by atoms with Crippen LogP contribution in [0, 0.1) is 12.8 Å². The number of nitrogens with zero attached hydrogens (tertiary/aromatic N) is 4. The van der Waals surface area contributed by atoms with E-state index in [1.54, 1.807) is 0 Å². The first-order chi connectivity index (χ1) is 18.2. The number of carbonyl (C=O) groups is 1. The van der Waals surface area contributed by atoms with E-state index in [0.29, 0.717) is 22.1 Å². The molecular formula is C29H35N5O2S2. The minimum absolute atomic E-state index is 0.130. The third-order valence-corrected chi connectivity index (χ3v) is 7.67. The van der Waals surface area contributed by atoms with Gasteiger partial charge in [0.05, 0.1) is 11.4 Å². The summed E-state index contributed by atoms with van der Waals surface area (Å²) >= 11 is 2.79. The molecule has 0 fully saturated rings. The second-order valence-corrected chi connectivity index (χ2v) is 11.9. The number of benzene rings is 2. The number of thioether (sulfide) groups is 1. The minimum atomic E-state index is -0.287. The Hall–Kier alpha value is -3.17. The first kappa shape index (κ1) is 27.9. The van der Waals surface area contributed by atoms with Crippen LogP contribution >= 0.6 is 23.1 Å². The van der Waals surface area contributed by atoms with Gasteiger partial charge in [0, 0.05) is 17.5 Å². The standard InChI is InChI=1S/C29H35N5O2S2/c1-18(2)15-34-27(21(6)36-24-13-11-22(12-14-24)19(3)4)32-33-29(34)38-17-26(35)31-28-30-25(16-37-28)23-9-7-20(5)8-10-23/h7-14,16,18-19,21H,15,17H2,1-6H3,(H,30,31,35). The number of ether oxygens (including phenoxy) is 1. The van der Waals surface area contributed by atoms with Gasteiger partial charge >= 0.3 is 0 Å². The average molecular weight is 550 g/mol. The molecule has 2 aromatic heterocycles. The summed E-state index contributed by atoms with van der Waals surface area (Å²) in [4.78, 5) is 17.3. The maximum absolute atomic E-state index is 12.7. The highest BCUT2D eigenvalue weighted by Gasteiger charge is 2.21. The predicted molar refractivity (Wildman–Crippen MR) is 156 cm³/mol.